The number of rotatable bonds is 6. The van der Waals surface area contributed by atoms with Crippen LogP contribution in [-0.2, 0) is 6.54 Å². The van der Waals surface area contributed by atoms with Crippen molar-refractivity contribution in [1.29, 1.82) is 0 Å². The predicted octanol–water partition coefficient (Wildman–Crippen LogP) is 2.30. The van der Waals surface area contributed by atoms with Gasteiger partial charge in [-0.15, -0.1) is 13.2 Å². The van der Waals surface area contributed by atoms with Gasteiger partial charge >= 0.3 is 6.36 Å². The molecule has 1 atom stereocenters. The van der Waals surface area contributed by atoms with E-state index in [1.165, 1.54) is 12.1 Å². The fraction of sp³-hybridized carbons (Fsp3) is 0.455. The molecule has 0 radical (unpaired) electrons. The van der Waals surface area contributed by atoms with E-state index in [2.05, 4.69) is 10.1 Å². The minimum Gasteiger partial charge on any atom is -0.406 e. The third-order valence-corrected chi connectivity index (χ3v) is 2.13. The molecule has 0 aliphatic heterocycles. The fourth-order valence-corrected chi connectivity index (χ4v) is 1.26. The van der Waals surface area contributed by atoms with Crippen LogP contribution in [0.3, 0.4) is 0 Å². The first-order valence-corrected chi connectivity index (χ1v) is 5.29. The quantitative estimate of drug-likeness (QED) is 0.788. The largest absolute Gasteiger partial charge is 0.573 e. The molecule has 1 aromatic rings. The highest BCUT2D eigenvalue weighted by molar-refractivity contribution is 5.27. The van der Waals surface area contributed by atoms with Gasteiger partial charge in [0.2, 0.25) is 0 Å². The molecule has 0 saturated carbocycles. The Balaban J connectivity index is 2.40. The van der Waals surface area contributed by atoms with Crippen LogP contribution in [0.5, 0.6) is 5.75 Å². The van der Waals surface area contributed by atoms with Crippen LogP contribution < -0.4 is 10.1 Å². The van der Waals surface area contributed by atoms with Crippen molar-refractivity contribution in [2.45, 2.75) is 25.4 Å². The van der Waals surface area contributed by atoms with Gasteiger partial charge < -0.3 is 15.2 Å². The molecule has 0 aliphatic carbocycles. The molecule has 108 valence electrons. The summed E-state index contributed by atoms with van der Waals surface area (Å²) < 4.78 is 63.2. The standard InChI is InChI=1S/C11H12F5NO2/c12-10(13)9(18)6-17-5-7-1-3-8(4-2-7)19-11(14,15)16/h1-4,9-10,17-18H,5-6H2. The minimum atomic E-state index is -4.75. The van der Waals surface area contributed by atoms with Crippen molar-refractivity contribution in [1.82, 2.24) is 5.32 Å². The van der Waals surface area contributed by atoms with Gasteiger partial charge in [-0.3, -0.25) is 0 Å². The average Bonchev–Trinajstić information content (AvgIpc) is 2.29. The Morgan fingerprint density at radius 1 is 1.16 bits per heavy atom. The smallest absolute Gasteiger partial charge is 0.406 e. The third kappa shape index (κ3) is 6.35. The lowest BCUT2D eigenvalue weighted by Gasteiger charge is -2.11. The van der Waals surface area contributed by atoms with Gasteiger partial charge in [0.1, 0.15) is 11.9 Å². The summed E-state index contributed by atoms with van der Waals surface area (Å²) in [6, 6.07) is 4.97. The molecule has 0 amide bonds. The highest BCUT2D eigenvalue weighted by atomic mass is 19.4. The van der Waals surface area contributed by atoms with Crippen LogP contribution in [0.25, 0.3) is 0 Å². The summed E-state index contributed by atoms with van der Waals surface area (Å²) >= 11 is 0. The van der Waals surface area contributed by atoms with Gasteiger partial charge in [0.05, 0.1) is 0 Å². The Morgan fingerprint density at radius 2 is 1.74 bits per heavy atom. The van der Waals surface area contributed by atoms with Crippen LogP contribution in [0.15, 0.2) is 24.3 Å². The molecule has 0 fully saturated rings. The number of nitrogens with one attached hydrogen (secondary N) is 1. The summed E-state index contributed by atoms with van der Waals surface area (Å²) in [5.74, 6) is -0.358. The lowest BCUT2D eigenvalue weighted by molar-refractivity contribution is -0.274. The first-order chi connectivity index (χ1) is 8.78. The first kappa shape index (κ1) is 15.6. The van der Waals surface area contributed by atoms with E-state index in [4.69, 9.17) is 5.11 Å². The van der Waals surface area contributed by atoms with E-state index in [0.29, 0.717) is 5.56 Å². The van der Waals surface area contributed by atoms with Crippen LogP contribution in [0, 0.1) is 0 Å². The maximum absolute atomic E-state index is 12.0. The molecule has 0 heterocycles. The predicted molar refractivity (Wildman–Crippen MR) is 56.8 cm³/mol. The zero-order chi connectivity index (χ0) is 14.5. The first-order valence-electron chi connectivity index (χ1n) is 5.29. The summed E-state index contributed by atoms with van der Waals surface area (Å²) in [6.07, 6.45) is -9.36. The zero-order valence-electron chi connectivity index (χ0n) is 9.62. The van der Waals surface area contributed by atoms with Gasteiger partial charge in [0.25, 0.3) is 6.43 Å². The monoisotopic (exact) mass is 285 g/mol. The van der Waals surface area contributed by atoms with E-state index in [1.807, 2.05) is 0 Å². The lowest BCUT2D eigenvalue weighted by Crippen LogP contribution is -2.31. The Morgan fingerprint density at radius 3 is 2.21 bits per heavy atom. The van der Waals surface area contributed by atoms with Gasteiger partial charge in [0, 0.05) is 13.1 Å². The van der Waals surface area contributed by atoms with Gasteiger partial charge in [0.15, 0.2) is 0 Å². The van der Waals surface area contributed by atoms with Crippen molar-refractivity contribution in [2.24, 2.45) is 0 Å². The second-order valence-electron chi connectivity index (χ2n) is 3.72. The molecule has 8 heteroatoms. The number of benzene rings is 1. The van der Waals surface area contributed by atoms with E-state index in [9.17, 15) is 22.0 Å². The topological polar surface area (TPSA) is 41.5 Å². The minimum absolute atomic E-state index is 0.149. The summed E-state index contributed by atoms with van der Waals surface area (Å²) in [5.41, 5.74) is 0.580. The van der Waals surface area contributed by atoms with Gasteiger partial charge in [-0.1, -0.05) is 12.1 Å². The van der Waals surface area contributed by atoms with Gasteiger partial charge in [-0.2, -0.15) is 0 Å². The van der Waals surface area contributed by atoms with Crippen molar-refractivity contribution in [2.75, 3.05) is 6.54 Å². The van der Waals surface area contributed by atoms with Gasteiger partial charge in [-0.25, -0.2) is 8.78 Å². The number of aliphatic hydroxyl groups is 1. The molecule has 1 aromatic carbocycles. The fourth-order valence-electron chi connectivity index (χ4n) is 1.26. The summed E-state index contributed by atoms with van der Waals surface area (Å²) in [7, 11) is 0. The molecule has 1 rings (SSSR count). The molecule has 0 bridgehead atoms. The summed E-state index contributed by atoms with van der Waals surface area (Å²) in [6.45, 7) is -0.158. The second kappa shape index (κ2) is 6.67. The van der Waals surface area contributed by atoms with E-state index >= 15 is 0 Å². The zero-order valence-corrected chi connectivity index (χ0v) is 9.62. The van der Waals surface area contributed by atoms with Crippen molar-refractivity contribution < 1.29 is 31.8 Å². The highest BCUT2D eigenvalue weighted by Crippen LogP contribution is 2.22. The van der Waals surface area contributed by atoms with E-state index < -0.39 is 18.9 Å². The molecule has 1 unspecified atom stereocenters. The molecule has 2 N–H and O–H groups in total. The summed E-state index contributed by atoms with van der Waals surface area (Å²) in [4.78, 5) is 0. The number of halogens is 5. The van der Waals surface area contributed by atoms with Crippen molar-refractivity contribution >= 4 is 0 Å². The van der Waals surface area contributed by atoms with Crippen LogP contribution in [0.4, 0.5) is 22.0 Å². The van der Waals surface area contributed by atoms with Crippen LogP contribution in [0.2, 0.25) is 0 Å². The molecule has 3 nitrogen and oxygen atoms in total. The Kier molecular flexibility index (Phi) is 5.49. The average molecular weight is 285 g/mol. The molecule has 0 aromatic heterocycles. The van der Waals surface area contributed by atoms with Crippen molar-refractivity contribution in [3.8, 4) is 5.75 Å². The molecular formula is C11H12F5NO2. The molecule has 0 aliphatic rings. The number of ether oxygens (including phenoxy) is 1. The van der Waals surface area contributed by atoms with Gasteiger partial charge in [-0.05, 0) is 17.7 Å². The van der Waals surface area contributed by atoms with Crippen LogP contribution in [-0.4, -0.2) is 30.5 Å². The Labute approximate surface area is 106 Å². The number of hydrogen-bond acceptors (Lipinski definition) is 3. The summed E-state index contributed by atoms with van der Waals surface area (Å²) in [5, 5.41) is 11.4. The van der Waals surface area contributed by atoms with Crippen molar-refractivity contribution in [3.05, 3.63) is 29.8 Å². The number of aliphatic hydroxyl groups excluding tert-OH is 1. The Bertz CT molecular complexity index is 380. The molecule has 19 heavy (non-hydrogen) atoms. The van der Waals surface area contributed by atoms with Crippen LogP contribution in [0.1, 0.15) is 5.56 Å². The van der Waals surface area contributed by atoms with Crippen molar-refractivity contribution in [3.63, 3.8) is 0 Å². The second-order valence-corrected chi connectivity index (χ2v) is 3.72. The maximum atomic E-state index is 12.0. The van der Waals surface area contributed by atoms with Crippen LogP contribution >= 0.6 is 0 Å². The number of hydrogen-bond donors (Lipinski definition) is 2. The SMILES string of the molecule is OC(CNCc1ccc(OC(F)(F)F)cc1)C(F)F. The van der Waals surface area contributed by atoms with E-state index in [1.54, 1.807) is 0 Å². The van der Waals surface area contributed by atoms with E-state index in [-0.39, 0.29) is 18.8 Å². The molecule has 0 spiro atoms. The Hall–Kier alpha value is -1.41. The number of alkyl halides is 5. The third-order valence-electron chi connectivity index (χ3n) is 2.13. The maximum Gasteiger partial charge on any atom is 0.573 e. The lowest BCUT2D eigenvalue weighted by atomic mass is 10.2. The molecule has 0 saturated heterocycles. The van der Waals surface area contributed by atoms with E-state index in [0.717, 1.165) is 12.1 Å². The highest BCUT2D eigenvalue weighted by Gasteiger charge is 2.30. The normalized spacial score (nSPS) is 13.6. The molecular weight excluding hydrogens is 273 g/mol.